The van der Waals surface area contributed by atoms with Crippen LogP contribution >= 0.6 is 0 Å². The van der Waals surface area contributed by atoms with Gasteiger partial charge in [-0.2, -0.15) is 4.98 Å². The summed E-state index contributed by atoms with van der Waals surface area (Å²) >= 11 is 0. The number of anilines is 2. The zero-order chi connectivity index (χ0) is 23.2. The molecule has 6 aliphatic rings. The van der Waals surface area contributed by atoms with Crippen molar-refractivity contribution >= 4 is 33.6 Å². The second kappa shape index (κ2) is 6.88. The van der Waals surface area contributed by atoms with Crippen LogP contribution in [-0.2, 0) is 26.0 Å². The third-order valence-corrected chi connectivity index (χ3v) is 10.2. The van der Waals surface area contributed by atoms with Crippen molar-refractivity contribution in [3.05, 3.63) is 11.8 Å². The Balaban J connectivity index is 1.30. The highest BCUT2D eigenvalue weighted by Crippen LogP contribution is 2.67. The minimum Gasteiger partial charge on any atom is -0.355 e. The van der Waals surface area contributed by atoms with Gasteiger partial charge in [0, 0.05) is 43.9 Å². The molecule has 3 saturated carbocycles. The van der Waals surface area contributed by atoms with E-state index in [1.54, 1.807) is 6.20 Å². The van der Waals surface area contributed by atoms with Crippen molar-refractivity contribution in [1.82, 2.24) is 19.6 Å². The van der Waals surface area contributed by atoms with Crippen LogP contribution in [0.2, 0.25) is 0 Å². The van der Waals surface area contributed by atoms with Gasteiger partial charge < -0.3 is 10.6 Å². The summed E-state index contributed by atoms with van der Waals surface area (Å²) in [6.45, 7) is 3.64. The lowest BCUT2D eigenvalue weighted by Crippen LogP contribution is -2.78. The number of piperidine rings is 1. The van der Waals surface area contributed by atoms with Crippen LogP contribution in [0.4, 0.5) is 11.8 Å². The molecular formula is C22H30N6O4S. The summed E-state index contributed by atoms with van der Waals surface area (Å²) in [7, 11) is -3.18. The topological polar surface area (TPSA) is 125 Å². The van der Waals surface area contributed by atoms with Gasteiger partial charge in [-0.05, 0) is 43.9 Å². The Morgan fingerprint density at radius 1 is 1.21 bits per heavy atom. The minimum absolute atomic E-state index is 0.0645. The molecule has 2 amide bonds. The molecule has 4 heterocycles. The molecule has 2 saturated heterocycles. The van der Waals surface area contributed by atoms with Crippen LogP contribution in [0.15, 0.2) is 6.20 Å². The highest BCUT2D eigenvalue weighted by Gasteiger charge is 2.71. The van der Waals surface area contributed by atoms with Crippen molar-refractivity contribution < 1.29 is 18.0 Å². The van der Waals surface area contributed by atoms with Gasteiger partial charge >= 0.3 is 0 Å². The summed E-state index contributed by atoms with van der Waals surface area (Å²) in [6.07, 6.45) is 7.12. The molecule has 33 heavy (non-hydrogen) atoms. The van der Waals surface area contributed by atoms with Gasteiger partial charge in [-0.3, -0.25) is 14.5 Å². The molecule has 178 valence electrons. The molecule has 1 spiro atoms. The summed E-state index contributed by atoms with van der Waals surface area (Å²) in [5, 5.41) is 6.23. The van der Waals surface area contributed by atoms with E-state index in [1.165, 1.54) is 10.6 Å². The largest absolute Gasteiger partial charge is 0.355 e. The van der Waals surface area contributed by atoms with Gasteiger partial charge in [0.15, 0.2) is 0 Å². The van der Waals surface area contributed by atoms with E-state index in [0.717, 1.165) is 18.4 Å². The molecule has 2 bridgehead atoms. The molecule has 2 N–H and O–H groups in total. The van der Waals surface area contributed by atoms with Crippen LogP contribution in [0.25, 0.3) is 0 Å². The van der Waals surface area contributed by atoms with Gasteiger partial charge in [-0.1, -0.05) is 6.92 Å². The number of sulfonamides is 1. The maximum absolute atomic E-state index is 13.9. The van der Waals surface area contributed by atoms with Crippen molar-refractivity contribution in [3.8, 4) is 0 Å². The first-order valence-corrected chi connectivity index (χ1v) is 13.7. The molecule has 0 unspecified atom stereocenters. The number of rotatable bonds is 4. The zero-order valence-electron chi connectivity index (χ0n) is 19.0. The lowest BCUT2D eigenvalue weighted by molar-refractivity contribution is -0.151. The van der Waals surface area contributed by atoms with Gasteiger partial charge in [0.05, 0.1) is 11.8 Å². The maximum Gasteiger partial charge on any atom is 0.244 e. The van der Waals surface area contributed by atoms with Gasteiger partial charge in [-0.15, -0.1) is 0 Å². The van der Waals surface area contributed by atoms with Crippen molar-refractivity contribution in [1.29, 1.82) is 0 Å². The van der Waals surface area contributed by atoms with Crippen LogP contribution < -0.4 is 15.5 Å². The summed E-state index contributed by atoms with van der Waals surface area (Å²) in [5.74, 6) is 1.86. The Hall–Kier alpha value is -2.27. The molecule has 1 aromatic heterocycles. The standard InChI is InChI=1S/C22H30N6O4S/c1-13-14-10-22(13,11-14)28-17-15(9-21(19(28)30)5-6-23-18(21)29)12-24-20(26-17)25-16-3-7-27(8-4-16)33(2,31)32/h12-14,16H,3-11H2,1-2H3,(H,23,29)(H,24,25,26)/t13-,14?,21-,22?/m1/s1. The van der Waals surface area contributed by atoms with Crippen LogP contribution in [0.3, 0.4) is 0 Å². The summed E-state index contributed by atoms with van der Waals surface area (Å²) < 4.78 is 25.1. The fourth-order valence-corrected chi connectivity index (χ4v) is 7.42. The number of carbonyl (C=O) groups is 2. The number of fused-ring (bicyclic) bond motifs is 1. The van der Waals surface area contributed by atoms with Gasteiger partial charge in [0.2, 0.25) is 27.8 Å². The van der Waals surface area contributed by atoms with Crippen LogP contribution in [0.1, 0.15) is 44.6 Å². The predicted octanol–water partition coefficient (Wildman–Crippen LogP) is 0.506. The van der Waals surface area contributed by atoms with E-state index in [-0.39, 0.29) is 23.4 Å². The van der Waals surface area contributed by atoms with Gasteiger partial charge in [-0.25, -0.2) is 17.7 Å². The minimum atomic E-state index is -3.18. The van der Waals surface area contributed by atoms with Crippen molar-refractivity contribution in [2.45, 2.75) is 57.0 Å². The fourth-order valence-electron chi connectivity index (χ4n) is 6.55. The second-order valence-electron chi connectivity index (χ2n) is 10.6. The van der Waals surface area contributed by atoms with E-state index in [0.29, 0.717) is 68.9 Å². The second-order valence-corrected chi connectivity index (χ2v) is 12.6. The van der Waals surface area contributed by atoms with E-state index in [1.807, 2.05) is 4.90 Å². The van der Waals surface area contributed by atoms with Gasteiger partial charge in [0.1, 0.15) is 11.2 Å². The maximum atomic E-state index is 13.9. The first-order valence-electron chi connectivity index (χ1n) is 11.8. The third kappa shape index (κ3) is 2.90. The molecule has 1 aromatic rings. The molecule has 3 aliphatic heterocycles. The molecule has 2 atom stereocenters. The molecule has 7 rings (SSSR count). The molecular weight excluding hydrogens is 444 g/mol. The molecule has 5 fully saturated rings. The first kappa shape index (κ1) is 21.3. The average Bonchev–Trinajstić information content (AvgIpc) is 3.11. The fraction of sp³-hybridized carbons (Fsp3) is 0.727. The number of carbonyl (C=O) groups excluding carboxylic acids is 2. The smallest absolute Gasteiger partial charge is 0.244 e. The van der Waals surface area contributed by atoms with Crippen LogP contribution in [0, 0.1) is 17.3 Å². The number of hydrogen-bond donors (Lipinski definition) is 2. The van der Waals surface area contributed by atoms with E-state index in [9.17, 15) is 18.0 Å². The monoisotopic (exact) mass is 474 g/mol. The lowest BCUT2D eigenvalue weighted by atomic mass is 9.42. The highest BCUT2D eigenvalue weighted by molar-refractivity contribution is 7.88. The number of nitrogens with one attached hydrogen (secondary N) is 2. The van der Waals surface area contributed by atoms with Crippen molar-refractivity contribution in [2.75, 3.05) is 36.1 Å². The molecule has 0 aromatic carbocycles. The normalized spacial score (nSPS) is 36.2. The Morgan fingerprint density at radius 2 is 1.94 bits per heavy atom. The lowest BCUT2D eigenvalue weighted by Gasteiger charge is -2.71. The average molecular weight is 475 g/mol. The SMILES string of the molecule is C[C@@H]1C2CC1(N1C(=O)[C@]3(CCNC3=O)Cc3cnc(NC4CCN(S(C)(=O)=O)CC4)nc31)C2. The van der Waals surface area contributed by atoms with Crippen molar-refractivity contribution in [3.63, 3.8) is 0 Å². The number of amides is 2. The Kier molecular flexibility index (Phi) is 4.43. The first-order chi connectivity index (χ1) is 15.6. The third-order valence-electron chi connectivity index (χ3n) is 8.92. The number of aromatic nitrogens is 2. The zero-order valence-corrected chi connectivity index (χ0v) is 19.8. The summed E-state index contributed by atoms with van der Waals surface area (Å²) in [4.78, 5) is 37.9. The highest BCUT2D eigenvalue weighted by atomic mass is 32.2. The molecule has 0 radical (unpaired) electrons. The summed E-state index contributed by atoms with van der Waals surface area (Å²) in [5.41, 5.74) is -0.431. The number of nitrogens with zero attached hydrogens (tertiary/aromatic N) is 4. The van der Waals surface area contributed by atoms with Crippen LogP contribution in [0.5, 0.6) is 0 Å². The Bertz CT molecular complexity index is 1140. The van der Waals surface area contributed by atoms with E-state index >= 15 is 0 Å². The number of hydrogen-bond acceptors (Lipinski definition) is 7. The van der Waals surface area contributed by atoms with Crippen molar-refractivity contribution in [2.24, 2.45) is 17.3 Å². The van der Waals surface area contributed by atoms with E-state index < -0.39 is 15.4 Å². The van der Waals surface area contributed by atoms with E-state index in [4.69, 9.17) is 4.98 Å². The summed E-state index contributed by atoms with van der Waals surface area (Å²) in [6, 6.07) is 0.0645. The van der Waals surface area contributed by atoms with E-state index in [2.05, 4.69) is 22.5 Å². The predicted molar refractivity (Wildman–Crippen MR) is 121 cm³/mol. The quantitative estimate of drug-likeness (QED) is 0.609. The molecule has 11 heteroatoms. The molecule has 3 aliphatic carbocycles. The Morgan fingerprint density at radius 3 is 2.48 bits per heavy atom. The Labute approximate surface area is 193 Å². The molecule has 10 nitrogen and oxygen atoms in total. The van der Waals surface area contributed by atoms with Gasteiger partial charge in [0.25, 0.3) is 0 Å². The van der Waals surface area contributed by atoms with Crippen LogP contribution in [-0.4, -0.2) is 72.0 Å².